The Morgan fingerprint density at radius 2 is 2.25 bits per heavy atom. The maximum Gasteiger partial charge on any atom is 0.268 e. The Balaban J connectivity index is 2.17. The number of H-pyrrole nitrogens is 1. The second kappa shape index (κ2) is 5.73. The SMILES string of the molecule is CCC(NC(=O)c1cc(C(C)=O)cn1C)c1ncc[nH]1. The molecule has 0 aliphatic heterocycles. The van der Waals surface area contributed by atoms with Crippen molar-refractivity contribution in [3.8, 4) is 0 Å². The lowest BCUT2D eigenvalue weighted by molar-refractivity contribution is 0.0925. The predicted molar refractivity (Wildman–Crippen MR) is 74.5 cm³/mol. The fourth-order valence-corrected chi connectivity index (χ4v) is 2.05. The maximum absolute atomic E-state index is 12.3. The zero-order valence-corrected chi connectivity index (χ0v) is 11.8. The number of aromatic nitrogens is 3. The number of ketones is 1. The number of hydrogen-bond acceptors (Lipinski definition) is 3. The molecular formula is C14H18N4O2. The first-order valence-electron chi connectivity index (χ1n) is 6.50. The Morgan fingerprint density at radius 1 is 1.50 bits per heavy atom. The molecule has 2 aromatic heterocycles. The van der Waals surface area contributed by atoms with Crippen LogP contribution in [0.2, 0.25) is 0 Å². The predicted octanol–water partition coefficient (Wildman–Crippen LogP) is 1.83. The number of imidazole rings is 1. The van der Waals surface area contributed by atoms with Gasteiger partial charge in [0.25, 0.3) is 5.91 Å². The molecule has 20 heavy (non-hydrogen) atoms. The zero-order valence-electron chi connectivity index (χ0n) is 11.8. The first-order valence-corrected chi connectivity index (χ1v) is 6.50. The summed E-state index contributed by atoms with van der Waals surface area (Å²) in [4.78, 5) is 30.8. The van der Waals surface area contributed by atoms with E-state index in [4.69, 9.17) is 0 Å². The van der Waals surface area contributed by atoms with E-state index < -0.39 is 0 Å². The van der Waals surface area contributed by atoms with E-state index in [0.717, 1.165) is 12.2 Å². The van der Waals surface area contributed by atoms with Gasteiger partial charge in [-0.15, -0.1) is 0 Å². The molecule has 106 valence electrons. The molecule has 1 atom stereocenters. The van der Waals surface area contributed by atoms with Gasteiger partial charge in [-0.3, -0.25) is 9.59 Å². The first kappa shape index (κ1) is 14.0. The topological polar surface area (TPSA) is 79.8 Å². The zero-order chi connectivity index (χ0) is 14.7. The van der Waals surface area contributed by atoms with Crippen molar-refractivity contribution in [3.05, 3.63) is 41.7 Å². The molecule has 0 aliphatic rings. The maximum atomic E-state index is 12.3. The lowest BCUT2D eigenvalue weighted by Crippen LogP contribution is -2.30. The monoisotopic (exact) mass is 274 g/mol. The Kier molecular flexibility index (Phi) is 4.02. The summed E-state index contributed by atoms with van der Waals surface area (Å²) in [6.45, 7) is 3.45. The highest BCUT2D eigenvalue weighted by atomic mass is 16.2. The van der Waals surface area contributed by atoms with E-state index in [2.05, 4.69) is 15.3 Å². The van der Waals surface area contributed by atoms with Gasteiger partial charge in [0.2, 0.25) is 0 Å². The van der Waals surface area contributed by atoms with Gasteiger partial charge in [0.05, 0.1) is 6.04 Å². The fraction of sp³-hybridized carbons (Fsp3) is 0.357. The number of nitrogens with zero attached hydrogens (tertiary/aromatic N) is 2. The number of Topliss-reactive ketones (excluding diaryl/α,β-unsaturated/α-hetero) is 1. The van der Waals surface area contributed by atoms with Crippen LogP contribution in [0.15, 0.2) is 24.7 Å². The van der Waals surface area contributed by atoms with Crippen LogP contribution in [0, 0.1) is 0 Å². The van der Waals surface area contributed by atoms with Crippen LogP contribution in [-0.2, 0) is 7.05 Å². The highest BCUT2D eigenvalue weighted by molar-refractivity contribution is 5.99. The minimum atomic E-state index is -0.219. The van der Waals surface area contributed by atoms with Crippen molar-refractivity contribution in [1.29, 1.82) is 0 Å². The van der Waals surface area contributed by atoms with Gasteiger partial charge in [-0.25, -0.2) is 4.98 Å². The molecule has 0 saturated heterocycles. The molecule has 2 heterocycles. The van der Waals surface area contributed by atoms with Crippen LogP contribution >= 0.6 is 0 Å². The van der Waals surface area contributed by atoms with Crippen molar-refractivity contribution in [2.45, 2.75) is 26.3 Å². The highest BCUT2D eigenvalue weighted by Crippen LogP contribution is 2.14. The number of aryl methyl sites for hydroxylation is 1. The molecule has 0 saturated carbocycles. The van der Waals surface area contributed by atoms with Gasteiger partial charge in [-0.2, -0.15) is 0 Å². The second-order valence-corrected chi connectivity index (χ2v) is 4.69. The Labute approximate surface area is 117 Å². The normalized spacial score (nSPS) is 12.2. The number of hydrogen-bond donors (Lipinski definition) is 2. The van der Waals surface area contributed by atoms with Crippen molar-refractivity contribution in [1.82, 2.24) is 19.9 Å². The van der Waals surface area contributed by atoms with Crippen LogP contribution in [0.3, 0.4) is 0 Å². The smallest absolute Gasteiger partial charge is 0.268 e. The van der Waals surface area contributed by atoms with Crippen LogP contribution in [0.1, 0.15) is 53.0 Å². The summed E-state index contributed by atoms with van der Waals surface area (Å²) in [5.41, 5.74) is 0.990. The van der Waals surface area contributed by atoms with Gasteiger partial charge in [-0.05, 0) is 19.4 Å². The molecule has 6 nitrogen and oxygen atoms in total. The molecule has 1 unspecified atom stereocenters. The molecule has 0 aliphatic carbocycles. The van der Waals surface area contributed by atoms with Gasteiger partial charge >= 0.3 is 0 Å². The lowest BCUT2D eigenvalue weighted by atomic mass is 10.2. The summed E-state index contributed by atoms with van der Waals surface area (Å²) < 4.78 is 1.65. The number of carbonyl (C=O) groups is 2. The summed E-state index contributed by atoms with van der Waals surface area (Å²) >= 11 is 0. The van der Waals surface area contributed by atoms with E-state index in [1.807, 2.05) is 6.92 Å². The third-order valence-electron chi connectivity index (χ3n) is 3.21. The molecule has 0 fully saturated rings. The average Bonchev–Trinajstić information content (AvgIpc) is 3.04. The standard InChI is InChI=1S/C14H18N4O2/c1-4-11(13-15-5-6-16-13)17-14(20)12-7-10(9(2)19)8-18(12)3/h5-8,11H,4H2,1-3H3,(H,15,16)(H,17,20). The van der Waals surface area contributed by atoms with Crippen LogP contribution in [-0.4, -0.2) is 26.2 Å². The van der Waals surface area contributed by atoms with Crippen LogP contribution in [0.5, 0.6) is 0 Å². The molecule has 2 rings (SSSR count). The van der Waals surface area contributed by atoms with E-state index in [9.17, 15) is 9.59 Å². The molecule has 1 amide bonds. The van der Waals surface area contributed by atoms with Gasteiger partial charge < -0.3 is 14.9 Å². The molecule has 6 heteroatoms. The van der Waals surface area contributed by atoms with Crippen molar-refractivity contribution in [2.75, 3.05) is 0 Å². The second-order valence-electron chi connectivity index (χ2n) is 4.69. The van der Waals surface area contributed by atoms with E-state index in [1.165, 1.54) is 6.92 Å². The number of amides is 1. The summed E-state index contributed by atoms with van der Waals surface area (Å²) in [7, 11) is 1.75. The number of carbonyl (C=O) groups excluding carboxylic acids is 2. The lowest BCUT2D eigenvalue weighted by Gasteiger charge is -2.14. The van der Waals surface area contributed by atoms with Crippen LogP contribution in [0.4, 0.5) is 0 Å². The Hall–Kier alpha value is -2.37. The summed E-state index contributed by atoms with van der Waals surface area (Å²) in [5.74, 6) is 0.447. The number of aromatic amines is 1. The van der Waals surface area contributed by atoms with Crippen molar-refractivity contribution < 1.29 is 9.59 Å². The molecule has 2 N–H and O–H groups in total. The fourth-order valence-electron chi connectivity index (χ4n) is 2.05. The summed E-state index contributed by atoms with van der Waals surface area (Å²) in [6.07, 6.45) is 5.76. The molecular weight excluding hydrogens is 256 g/mol. The van der Waals surface area contributed by atoms with Gasteiger partial charge in [0, 0.05) is 31.2 Å². The molecule has 0 aromatic carbocycles. The Bertz CT molecular complexity index is 613. The first-order chi connectivity index (χ1) is 9.52. The van der Waals surface area contributed by atoms with Crippen LogP contribution < -0.4 is 5.32 Å². The largest absolute Gasteiger partial charge is 0.347 e. The van der Waals surface area contributed by atoms with Gasteiger partial charge in [0.1, 0.15) is 11.5 Å². The van der Waals surface area contributed by atoms with Gasteiger partial charge in [-0.1, -0.05) is 6.92 Å². The minimum absolute atomic E-state index is 0.0577. The van der Waals surface area contributed by atoms with Crippen molar-refractivity contribution in [2.24, 2.45) is 7.05 Å². The quantitative estimate of drug-likeness (QED) is 0.816. The molecule has 0 spiro atoms. The Morgan fingerprint density at radius 3 is 2.75 bits per heavy atom. The van der Waals surface area contributed by atoms with Crippen molar-refractivity contribution in [3.63, 3.8) is 0 Å². The van der Waals surface area contributed by atoms with E-state index in [-0.39, 0.29) is 17.7 Å². The van der Waals surface area contributed by atoms with E-state index in [0.29, 0.717) is 11.3 Å². The third-order valence-corrected chi connectivity index (χ3v) is 3.21. The average molecular weight is 274 g/mol. The molecule has 0 radical (unpaired) electrons. The van der Waals surface area contributed by atoms with Crippen LogP contribution in [0.25, 0.3) is 0 Å². The van der Waals surface area contributed by atoms with Crippen molar-refractivity contribution >= 4 is 11.7 Å². The summed E-state index contributed by atoms with van der Waals surface area (Å²) in [6, 6.07) is 1.43. The number of rotatable bonds is 5. The number of nitrogens with one attached hydrogen (secondary N) is 2. The van der Waals surface area contributed by atoms with Gasteiger partial charge in [0.15, 0.2) is 5.78 Å². The highest BCUT2D eigenvalue weighted by Gasteiger charge is 2.19. The van der Waals surface area contributed by atoms with E-state index in [1.54, 1.807) is 36.3 Å². The minimum Gasteiger partial charge on any atom is -0.347 e. The molecule has 2 aromatic rings. The van der Waals surface area contributed by atoms with E-state index >= 15 is 0 Å². The summed E-state index contributed by atoms with van der Waals surface area (Å²) in [5, 5.41) is 2.91. The molecule has 0 bridgehead atoms. The third kappa shape index (κ3) is 2.79.